The lowest BCUT2D eigenvalue weighted by molar-refractivity contribution is -0.929. The Morgan fingerprint density at radius 2 is 1.53 bits per heavy atom. The Morgan fingerprint density at radius 3 is 2.09 bits per heavy atom. The number of nitrogens with zero attached hydrogens (tertiary/aromatic N) is 4. The number of nitro groups is 1. The van der Waals surface area contributed by atoms with Crippen LogP contribution in [0.4, 0.5) is 17.1 Å². The van der Waals surface area contributed by atoms with Gasteiger partial charge >= 0.3 is 0 Å². The van der Waals surface area contributed by atoms with Crippen LogP contribution in [0.3, 0.4) is 0 Å². The molecule has 0 radical (unpaired) electrons. The number of hydrogen-bond acceptors (Lipinski definition) is 8. The molecule has 0 aliphatic rings. The Labute approximate surface area is 199 Å². The first-order valence-corrected chi connectivity index (χ1v) is 11.5. The molecule has 0 spiro atoms. The van der Waals surface area contributed by atoms with Gasteiger partial charge in [-0.15, -0.1) is 0 Å². The summed E-state index contributed by atoms with van der Waals surface area (Å²) < 4.78 is 6.32. The molecule has 0 bridgehead atoms. The van der Waals surface area contributed by atoms with Gasteiger partial charge in [0, 0.05) is 12.1 Å². The average Bonchev–Trinajstić information content (AvgIpc) is 2.81. The van der Waals surface area contributed by atoms with E-state index in [9.17, 15) is 25.4 Å². The Balaban J connectivity index is 1.77. The third-order valence-electron chi connectivity index (χ3n) is 5.77. The molecule has 2 aromatic rings. The standard InChI is InChI=1S/C24H35N4O6/c1-20-19-22(27(32)33)7-10-24(20)26-25-21-5-8-23(9-6-21)34-18-4-2-3-11-28(12-15-29,13-16-30)14-17-31/h5-10,19,29-31H,2-4,11-18H2,1H3/q+1. The van der Waals surface area contributed by atoms with Crippen LogP contribution >= 0.6 is 0 Å². The molecule has 0 atom stereocenters. The van der Waals surface area contributed by atoms with Crippen molar-refractivity contribution >= 4 is 17.1 Å². The number of unbranched alkanes of at least 4 members (excludes halogenated alkanes) is 2. The van der Waals surface area contributed by atoms with Crippen LogP contribution in [0.5, 0.6) is 5.75 Å². The number of azo groups is 1. The van der Waals surface area contributed by atoms with E-state index in [0.717, 1.165) is 31.6 Å². The minimum atomic E-state index is -0.439. The lowest BCUT2D eigenvalue weighted by atomic mass is 10.2. The van der Waals surface area contributed by atoms with Crippen molar-refractivity contribution in [2.24, 2.45) is 10.2 Å². The molecule has 0 aliphatic heterocycles. The molecule has 0 heterocycles. The Morgan fingerprint density at radius 1 is 0.882 bits per heavy atom. The lowest BCUT2D eigenvalue weighted by Gasteiger charge is -2.37. The van der Waals surface area contributed by atoms with Crippen molar-refractivity contribution in [3.63, 3.8) is 0 Å². The second-order valence-electron chi connectivity index (χ2n) is 8.24. The number of ether oxygens (including phenoxy) is 1. The van der Waals surface area contributed by atoms with Crippen LogP contribution in [0.15, 0.2) is 52.7 Å². The molecule has 0 amide bonds. The van der Waals surface area contributed by atoms with Crippen LogP contribution in [0.1, 0.15) is 24.8 Å². The van der Waals surface area contributed by atoms with E-state index in [1.54, 1.807) is 25.1 Å². The normalized spacial score (nSPS) is 11.8. The Bertz CT molecular complexity index is 903. The van der Waals surface area contributed by atoms with Crippen molar-refractivity contribution in [1.82, 2.24) is 0 Å². The predicted octanol–water partition coefficient (Wildman–Crippen LogP) is 3.66. The van der Waals surface area contributed by atoms with E-state index in [1.807, 2.05) is 12.1 Å². The van der Waals surface area contributed by atoms with E-state index < -0.39 is 4.92 Å². The fraction of sp³-hybridized carbons (Fsp3) is 0.500. The number of hydrogen-bond donors (Lipinski definition) is 3. The summed E-state index contributed by atoms with van der Waals surface area (Å²) in [6.45, 7) is 4.83. The zero-order valence-corrected chi connectivity index (χ0v) is 19.7. The average molecular weight is 476 g/mol. The SMILES string of the molecule is Cc1cc([N+](=O)[O-])ccc1N=Nc1ccc(OCCCCC[N+](CCO)(CCO)CCO)cc1. The van der Waals surface area contributed by atoms with Crippen molar-refractivity contribution in [3.05, 3.63) is 58.1 Å². The van der Waals surface area contributed by atoms with Gasteiger partial charge < -0.3 is 24.5 Å². The number of aryl methyl sites for hydroxylation is 1. The summed E-state index contributed by atoms with van der Waals surface area (Å²) in [5, 5.41) is 47.2. The summed E-state index contributed by atoms with van der Waals surface area (Å²) in [7, 11) is 0. The van der Waals surface area contributed by atoms with E-state index >= 15 is 0 Å². The molecule has 0 fully saturated rings. The molecule has 0 unspecified atom stereocenters. The number of non-ortho nitro benzene ring substituents is 1. The first-order valence-electron chi connectivity index (χ1n) is 11.5. The molecule has 0 aliphatic carbocycles. The van der Waals surface area contributed by atoms with Gasteiger partial charge in [-0.05, 0) is 62.1 Å². The second-order valence-corrected chi connectivity index (χ2v) is 8.24. The largest absolute Gasteiger partial charge is 0.494 e. The van der Waals surface area contributed by atoms with Gasteiger partial charge in [-0.25, -0.2) is 0 Å². The monoisotopic (exact) mass is 475 g/mol. The minimum Gasteiger partial charge on any atom is -0.494 e. The Kier molecular flexibility index (Phi) is 11.5. The smallest absolute Gasteiger partial charge is 0.269 e. The minimum absolute atomic E-state index is 0.0248. The highest BCUT2D eigenvalue weighted by molar-refractivity contribution is 5.51. The molecule has 10 heteroatoms. The number of aliphatic hydroxyl groups is 3. The van der Waals surface area contributed by atoms with Crippen molar-refractivity contribution in [2.75, 3.05) is 52.6 Å². The van der Waals surface area contributed by atoms with E-state index in [4.69, 9.17) is 4.74 Å². The summed E-state index contributed by atoms with van der Waals surface area (Å²) in [5.41, 5.74) is 1.93. The maximum Gasteiger partial charge on any atom is 0.269 e. The number of benzene rings is 2. The topological polar surface area (TPSA) is 138 Å². The zero-order valence-electron chi connectivity index (χ0n) is 19.7. The fourth-order valence-corrected chi connectivity index (χ4v) is 3.81. The maximum absolute atomic E-state index is 10.8. The van der Waals surface area contributed by atoms with Gasteiger partial charge in [0.25, 0.3) is 5.69 Å². The molecular weight excluding hydrogens is 440 g/mol. The molecule has 2 aromatic carbocycles. The highest BCUT2D eigenvalue weighted by atomic mass is 16.6. The van der Waals surface area contributed by atoms with Gasteiger partial charge in [0.1, 0.15) is 25.4 Å². The third kappa shape index (κ3) is 8.79. The number of nitro benzene ring substituents is 1. The molecule has 0 aromatic heterocycles. The van der Waals surface area contributed by atoms with Gasteiger partial charge in [0.2, 0.25) is 0 Å². The van der Waals surface area contributed by atoms with Gasteiger partial charge in [-0.1, -0.05) is 0 Å². The van der Waals surface area contributed by atoms with E-state index in [1.165, 1.54) is 12.1 Å². The predicted molar refractivity (Wildman–Crippen MR) is 129 cm³/mol. The van der Waals surface area contributed by atoms with Gasteiger partial charge in [0.15, 0.2) is 0 Å². The summed E-state index contributed by atoms with van der Waals surface area (Å²) in [4.78, 5) is 10.4. The van der Waals surface area contributed by atoms with Gasteiger partial charge in [0.05, 0.1) is 49.3 Å². The maximum atomic E-state index is 10.8. The molecule has 3 N–H and O–H groups in total. The highest BCUT2D eigenvalue weighted by Crippen LogP contribution is 2.26. The van der Waals surface area contributed by atoms with Crippen molar-refractivity contribution < 1.29 is 29.5 Å². The first kappa shape index (κ1) is 27.3. The van der Waals surface area contributed by atoms with Gasteiger partial charge in [-0.2, -0.15) is 10.2 Å². The van der Waals surface area contributed by atoms with Crippen LogP contribution in [-0.2, 0) is 0 Å². The molecule has 0 saturated heterocycles. The van der Waals surface area contributed by atoms with Crippen LogP contribution in [-0.4, -0.2) is 77.3 Å². The van der Waals surface area contributed by atoms with E-state index in [2.05, 4.69) is 10.2 Å². The fourth-order valence-electron chi connectivity index (χ4n) is 3.81. The molecule has 10 nitrogen and oxygen atoms in total. The van der Waals surface area contributed by atoms with Crippen LogP contribution in [0.25, 0.3) is 0 Å². The third-order valence-corrected chi connectivity index (χ3v) is 5.77. The van der Waals surface area contributed by atoms with E-state index in [0.29, 0.717) is 47.7 Å². The second kappa shape index (κ2) is 14.4. The van der Waals surface area contributed by atoms with Crippen molar-refractivity contribution in [1.29, 1.82) is 0 Å². The highest BCUT2D eigenvalue weighted by Gasteiger charge is 2.25. The van der Waals surface area contributed by atoms with Crippen molar-refractivity contribution in [3.8, 4) is 5.75 Å². The number of quaternary nitrogens is 1. The quantitative estimate of drug-likeness (QED) is 0.111. The molecule has 2 rings (SSSR count). The summed E-state index contributed by atoms with van der Waals surface area (Å²) in [6, 6.07) is 11.7. The van der Waals surface area contributed by atoms with Crippen LogP contribution in [0.2, 0.25) is 0 Å². The van der Waals surface area contributed by atoms with Crippen LogP contribution in [0, 0.1) is 17.0 Å². The molecular formula is C24H35N4O6+. The number of aliphatic hydroxyl groups excluding tert-OH is 3. The van der Waals surface area contributed by atoms with E-state index in [-0.39, 0.29) is 25.5 Å². The van der Waals surface area contributed by atoms with Crippen molar-refractivity contribution in [2.45, 2.75) is 26.2 Å². The summed E-state index contributed by atoms with van der Waals surface area (Å²) in [6.07, 6.45) is 2.74. The summed E-state index contributed by atoms with van der Waals surface area (Å²) in [5.74, 6) is 0.733. The first-order chi connectivity index (χ1) is 16.4. The lowest BCUT2D eigenvalue weighted by Crippen LogP contribution is -2.53. The Hall–Kier alpha value is -2.92. The van der Waals surface area contributed by atoms with Gasteiger partial charge in [-0.3, -0.25) is 10.1 Å². The molecule has 34 heavy (non-hydrogen) atoms. The number of rotatable bonds is 16. The summed E-state index contributed by atoms with van der Waals surface area (Å²) >= 11 is 0. The zero-order chi connectivity index (χ0) is 24.8. The van der Waals surface area contributed by atoms with Crippen LogP contribution < -0.4 is 4.74 Å². The molecule has 0 saturated carbocycles. The molecule has 186 valence electrons.